The molecule has 4 atom stereocenters. The third-order valence-electron chi connectivity index (χ3n) is 4.64. The van der Waals surface area contributed by atoms with Gasteiger partial charge < -0.3 is 16.2 Å². The van der Waals surface area contributed by atoms with Crippen LogP contribution in [-0.2, 0) is 14.4 Å². The van der Waals surface area contributed by atoms with Crippen LogP contribution in [-0.4, -0.2) is 28.9 Å². The molecule has 2 bridgehead atoms. The van der Waals surface area contributed by atoms with Crippen LogP contribution in [0.5, 0.6) is 0 Å². The summed E-state index contributed by atoms with van der Waals surface area (Å²) in [5, 5.41) is 11.5. The molecular weight excluding hydrogens is 260 g/mol. The predicted molar refractivity (Wildman–Crippen MR) is 71.5 cm³/mol. The minimum Gasteiger partial charge on any atom is -0.480 e. The number of carboxylic acids is 1. The fourth-order valence-electron chi connectivity index (χ4n) is 3.66. The Kier molecular flexibility index (Phi) is 4.62. The van der Waals surface area contributed by atoms with Crippen molar-refractivity contribution in [3.63, 3.8) is 0 Å². The molecule has 2 fully saturated rings. The topological polar surface area (TPSA) is 109 Å². The number of rotatable bonds is 7. The zero-order valence-electron chi connectivity index (χ0n) is 11.5. The summed E-state index contributed by atoms with van der Waals surface area (Å²) in [7, 11) is 0. The van der Waals surface area contributed by atoms with Gasteiger partial charge in [0.15, 0.2) is 0 Å². The van der Waals surface area contributed by atoms with Crippen LogP contribution < -0.4 is 11.1 Å². The highest BCUT2D eigenvalue weighted by molar-refractivity contribution is 5.84. The molecule has 0 aromatic heterocycles. The summed E-state index contributed by atoms with van der Waals surface area (Å²) in [6.07, 6.45) is 5.21. The summed E-state index contributed by atoms with van der Waals surface area (Å²) >= 11 is 0. The monoisotopic (exact) mass is 282 g/mol. The molecule has 0 spiro atoms. The van der Waals surface area contributed by atoms with Crippen molar-refractivity contribution in [3.05, 3.63) is 0 Å². The Hall–Kier alpha value is -1.59. The Labute approximate surface area is 118 Å². The van der Waals surface area contributed by atoms with Crippen molar-refractivity contribution in [2.24, 2.45) is 23.5 Å². The molecule has 4 N–H and O–H groups in total. The molecule has 20 heavy (non-hydrogen) atoms. The Morgan fingerprint density at radius 3 is 2.50 bits per heavy atom. The van der Waals surface area contributed by atoms with Crippen molar-refractivity contribution >= 4 is 17.8 Å². The lowest BCUT2D eigenvalue weighted by Gasteiger charge is -2.22. The Bertz CT molecular complexity index is 410. The number of carbonyl (C=O) groups excluding carboxylic acids is 2. The third-order valence-corrected chi connectivity index (χ3v) is 4.64. The van der Waals surface area contributed by atoms with Crippen molar-refractivity contribution in [1.82, 2.24) is 5.32 Å². The van der Waals surface area contributed by atoms with E-state index in [4.69, 9.17) is 10.8 Å². The number of nitrogens with one attached hydrogen (secondary N) is 1. The summed E-state index contributed by atoms with van der Waals surface area (Å²) in [5.41, 5.74) is 5.00. The molecule has 2 amide bonds. The van der Waals surface area contributed by atoms with Crippen molar-refractivity contribution in [3.8, 4) is 0 Å². The van der Waals surface area contributed by atoms with Gasteiger partial charge in [-0.2, -0.15) is 0 Å². The number of fused-ring (bicyclic) bond motifs is 2. The Morgan fingerprint density at radius 1 is 1.25 bits per heavy atom. The fourth-order valence-corrected chi connectivity index (χ4v) is 3.66. The molecule has 2 aliphatic carbocycles. The summed E-state index contributed by atoms with van der Waals surface area (Å²) in [4.78, 5) is 33.7. The first-order valence-corrected chi connectivity index (χ1v) is 7.26. The maximum atomic E-state index is 11.9. The van der Waals surface area contributed by atoms with Gasteiger partial charge in [-0.15, -0.1) is 0 Å². The van der Waals surface area contributed by atoms with E-state index in [1.807, 2.05) is 0 Å². The Balaban J connectivity index is 1.79. The zero-order valence-corrected chi connectivity index (χ0v) is 11.5. The SMILES string of the molecule is NC(=O)CC[C@@H](NC(=O)CC1CC2CCC1C2)C(=O)O. The lowest BCUT2D eigenvalue weighted by molar-refractivity contribution is -0.142. The first kappa shape index (κ1) is 14.8. The van der Waals surface area contributed by atoms with Gasteiger partial charge in [-0.05, 0) is 43.4 Å². The summed E-state index contributed by atoms with van der Waals surface area (Å²) < 4.78 is 0. The quantitative estimate of drug-likeness (QED) is 0.636. The molecule has 2 saturated carbocycles. The molecule has 6 heteroatoms. The molecule has 2 aliphatic rings. The van der Waals surface area contributed by atoms with Crippen LogP contribution in [0.4, 0.5) is 0 Å². The highest BCUT2D eigenvalue weighted by atomic mass is 16.4. The number of amides is 2. The second-order valence-corrected chi connectivity index (χ2v) is 6.10. The van der Waals surface area contributed by atoms with Crippen molar-refractivity contribution in [1.29, 1.82) is 0 Å². The number of hydrogen-bond acceptors (Lipinski definition) is 3. The van der Waals surface area contributed by atoms with Gasteiger partial charge in [-0.3, -0.25) is 9.59 Å². The lowest BCUT2D eigenvalue weighted by Crippen LogP contribution is -2.42. The fraction of sp³-hybridized carbons (Fsp3) is 0.786. The van der Waals surface area contributed by atoms with Crippen molar-refractivity contribution < 1.29 is 19.5 Å². The van der Waals surface area contributed by atoms with Crippen molar-refractivity contribution in [2.45, 2.75) is 51.0 Å². The summed E-state index contributed by atoms with van der Waals surface area (Å²) in [6, 6.07) is -1.02. The molecule has 0 saturated heterocycles. The molecule has 6 nitrogen and oxygen atoms in total. The van der Waals surface area contributed by atoms with Crippen LogP contribution >= 0.6 is 0 Å². The number of primary amides is 1. The molecular formula is C14H22N2O4. The van der Waals surface area contributed by atoms with E-state index in [1.54, 1.807) is 0 Å². The standard InChI is InChI=1S/C14H22N2O4/c15-12(17)4-3-11(14(19)20)16-13(18)7-10-6-8-1-2-9(10)5-8/h8-11H,1-7H2,(H2,15,17)(H,16,18)(H,19,20)/t8?,9?,10?,11-/m1/s1. The number of carbonyl (C=O) groups is 3. The number of aliphatic carboxylic acids is 1. The summed E-state index contributed by atoms with van der Waals surface area (Å²) in [6.45, 7) is 0. The van der Waals surface area contributed by atoms with Crippen LogP contribution in [0.1, 0.15) is 44.9 Å². The predicted octanol–water partition coefficient (Wildman–Crippen LogP) is 0.648. The minimum atomic E-state index is -1.12. The normalized spacial score (nSPS) is 29.1. The highest BCUT2D eigenvalue weighted by Gasteiger charge is 2.40. The van der Waals surface area contributed by atoms with Crippen LogP contribution in [0.3, 0.4) is 0 Å². The maximum absolute atomic E-state index is 11.9. The van der Waals surface area contributed by atoms with Crippen LogP contribution in [0.25, 0.3) is 0 Å². The number of hydrogen-bond donors (Lipinski definition) is 3. The van der Waals surface area contributed by atoms with E-state index in [2.05, 4.69) is 5.32 Å². The van der Waals surface area contributed by atoms with E-state index in [1.165, 1.54) is 19.3 Å². The summed E-state index contributed by atoms with van der Waals surface area (Å²) in [5.74, 6) is -0.0903. The van der Waals surface area contributed by atoms with E-state index >= 15 is 0 Å². The largest absolute Gasteiger partial charge is 0.480 e. The van der Waals surface area contributed by atoms with Crippen molar-refractivity contribution in [2.75, 3.05) is 0 Å². The molecule has 0 aromatic rings. The smallest absolute Gasteiger partial charge is 0.326 e. The second kappa shape index (κ2) is 6.24. The van der Waals surface area contributed by atoms with E-state index < -0.39 is 17.9 Å². The first-order valence-electron chi connectivity index (χ1n) is 7.26. The van der Waals surface area contributed by atoms with E-state index in [9.17, 15) is 14.4 Å². The molecule has 0 heterocycles. The molecule has 2 rings (SSSR count). The average Bonchev–Trinajstić information content (AvgIpc) is 2.95. The van der Waals surface area contributed by atoms with Gasteiger partial charge in [0.05, 0.1) is 0 Å². The number of nitrogens with two attached hydrogens (primary N) is 1. The first-order chi connectivity index (χ1) is 9.45. The van der Waals surface area contributed by atoms with Gasteiger partial charge in [0.1, 0.15) is 6.04 Å². The van der Waals surface area contributed by atoms with Crippen LogP contribution in [0.15, 0.2) is 0 Å². The van der Waals surface area contributed by atoms with Gasteiger partial charge in [0.25, 0.3) is 0 Å². The second-order valence-electron chi connectivity index (χ2n) is 6.10. The van der Waals surface area contributed by atoms with Crippen LogP contribution in [0.2, 0.25) is 0 Å². The minimum absolute atomic E-state index is 0.0363. The molecule has 3 unspecified atom stereocenters. The van der Waals surface area contributed by atoms with Gasteiger partial charge in [-0.25, -0.2) is 4.79 Å². The average molecular weight is 282 g/mol. The molecule has 0 radical (unpaired) electrons. The van der Waals surface area contributed by atoms with E-state index in [0.29, 0.717) is 18.3 Å². The van der Waals surface area contributed by atoms with Gasteiger partial charge >= 0.3 is 5.97 Å². The lowest BCUT2D eigenvalue weighted by atomic mass is 9.86. The van der Waals surface area contributed by atoms with Gasteiger partial charge in [0.2, 0.25) is 11.8 Å². The van der Waals surface area contributed by atoms with Gasteiger partial charge in [0, 0.05) is 12.8 Å². The third kappa shape index (κ3) is 3.71. The number of carboxylic acid groups (broad SMARTS) is 1. The maximum Gasteiger partial charge on any atom is 0.326 e. The Morgan fingerprint density at radius 2 is 2.00 bits per heavy atom. The highest BCUT2D eigenvalue weighted by Crippen LogP contribution is 2.49. The van der Waals surface area contributed by atoms with E-state index in [-0.39, 0.29) is 18.7 Å². The molecule has 0 aromatic carbocycles. The molecule has 112 valence electrons. The van der Waals surface area contributed by atoms with Crippen LogP contribution in [0, 0.1) is 17.8 Å². The molecule has 0 aliphatic heterocycles. The zero-order chi connectivity index (χ0) is 14.7. The van der Waals surface area contributed by atoms with E-state index in [0.717, 1.165) is 12.3 Å². The van der Waals surface area contributed by atoms with Gasteiger partial charge in [-0.1, -0.05) is 6.42 Å².